The summed E-state index contributed by atoms with van der Waals surface area (Å²) in [4.78, 5) is 28.8. The van der Waals surface area contributed by atoms with Gasteiger partial charge in [0.05, 0.1) is 32.7 Å². The second kappa shape index (κ2) is 7.18. The van der Waals surface area contributed by atoms with Crippen LogP contribution in [0.3, 0.4) is 0 Å². The number of carbonyl (C=O) groups is 1. The molecule has 0 radical (unpaired) electrons. The average molecular weight is 328 g/mol. The van der Waals surface area contributed by atoms with Crippen molar-refractivity contribution in [2.75, 3.05) is 32.7 Å². The zero-order valence-electron chi connectivity index (χ0n) is 14.5. The maximum absolute atomic E-state index is 12.7. The molecule has 1 aromatic heterocycles. The molecule has 5 nitrogen and oxygen atoms in total. The number of aryl methyl sites for hydroxylation is 1. The second-order valence-electron chi connectivity index (χ2n) is 6.65. The number of hydrogen-bond acceptors (Lipinski definition) is 2. The molecular formula is C19H26N3O2+. The molecule has 1 aliphatic heterocycles. The highest BCUT2D eigenvalue weighted by Crippen LogP contribution is 2.11. The number of amides is 1. The van der Waals surface area contributed by atoms with Crippen LogP contribution in [0.4, 0.5) is 0 Å². The van der Waals surface area contributed by atoms with Gasteiger partial charge in [-0.1, -0.05) is 25.1 Å². The Balaban J connectivity index is 1.76. The number of quaternary nitrogens is 1. The van der Waals surface area contributed by atoms with Gasteiger partial charge < -0.3 is 14.4 Å². The van der Waals surface area contributed by atoms with E-state index >= 15 is 0 Å². The number of pyridine rings is 1. The van der Waals surface area contributed by atoms with Crippen molar-refractivity contribution in [2.24, 2.45) is 0 Å². The second-order valence-corrected chi connectivity index (χ2v) is 6.65. The van der Waals surface area contributed by atoms with Crippen molar-refractivity contribution in [3.8, 4) is 0 Å². The number of benzene rings is 1. The fraction of sp³-hybridized carbons (Fsp3) is 0.474. The summed E-state index contributed by atoms with van der Waals surface area (Å²) in [6, 6.07) is 9.53. The first kappa shape index (κ1) is 16.7. The van der Waals surface area contributed by atoms with Gasteiger partial charge in [-0.25, -0.2) is 0 Å². The Bertz CT molecular complexity index is 789. The molecule has 1 amide bonds. The highest BCUT2D eigenvalue weighted by molar-refractivity contribution is 5.82. The van der Waals surface area contributed by atoms with Crippen LogP contribution in [0.5, 0.6) is 0 Å². The third-order valence-electron chi connectivity index (χ3n) is 4.95. The number of aromatic nitrogens is 1. The highest BCUT2D eigenvalue weighted by Gasteiger charge is 2.23. The molecule has 0 spiro atoms. The normalized spacial score (nSPS) is 15.8. The van der Waals surface area contributed by atoms with Gasteiger partial charge in [-0.05, 0) is 30.9 Å². The van der Waals surface area contributed by atoms with Crippen LogP contribution < -0.4 is 10.5 Å². The number of piperazine rings is 1. The first-order chi connectivity index (χ1) is 11.6. The van der Waals surface area contributed by atoms with Crippen LogP contribution in [0.15, 0.2) is 35.1 Å². The molecule has 1 N–H and O–H groups in total. The monoisotopic (exact) mass is 328 g/mol. The third kappa shape index (κ3) is 3.36. The van der Waals surface area contributed by atoms with Crippen LogP contribution in [-0.4, -0.2) is 48.1 Å². The van der Waals surface area contributed by atoms with Crippen molar-refractivity contribution in [1.82, 2.24) is 9.47 Å². The minimum Gasteiger partial charge on any atom is -0.332 e. The van der Waals surface area contributed by atoms with Crippen LogP contribution >= 0.6 is 0 Å². The summed E-state index contributed by atoms with van der Waals surface area (Å²) in [6.45, 7) is 8.98. The lowest BCUT2D eigenvalue weighted by atomic mass is 10.1. The molecule has 0 aliphatic carbocycles. The Kier molecular flexibility index (Phi) is 5.00. The molecule has 5 heteroatoms. The molecular weight excluding hydrogens is 302 g/mol. The largest absolute Gasteiger partial charge is 0.332 e. The summed E-state index contributed by atoms with van der Waals surface area (Å²) >= 11 is 0. The smallest absolute Gasteiger partial charge is 0.259 e. The van der Waals surface area contributed by atoms with Crippen LogP contribution in [0.25, 0.3) is 10.8 Å². The van der Waals surface area contributed by atoms with E-state index < -0.39 is 0 Å². The molecule has 0 unspecified atom stereocenters. The van der Waals surface area contributed by atoms with Crippen molar-refractivity contribution in [2.45, 2.75) is 26.8 Å². The van der Waals surface area contributed by atoms with Crippen LogP contribution in [0.2, 0.25) is 0 Å². The molecule has 0 atom stereocenters. The number of hydrogen-bond donors (Lipinski definition) is 1. The Morgan fingerprint density at radius 3 is 2.62 bits per heavy atom. The van der Waals surface area contributed by atoms with Crippen LogP contribution in [0.1, 0.15) is 19.0 Å². The van der Waals surface area contributed by atoms with E-state index in [2.05, 4.69) is 6.92 Å². The molecule has 24 heavy (non-hydrogen) atoms. The van der Waals surface area contributed by atoms with Crippen molar-refractivity contribution in [1.29, 1.82) is 0 Å². The molecule has 0 bridgehead atoms. The SMILES string of the molecule is CCC[NH+]1CCN(C(=O)Cn2c(C)cc3ccccc3c2=O)CC1. The van der Waals surface area contributed by atoms with Gasteiger partial charge in [-0.15, -0.1) is 0 Å². The Morgan fingerprint density at radius 1 is 1.21 bits per heavy atom. The van der Waals surface area contributed by atoms with Crippen LogP contribution in [-0.2, 0) is 11.3 Å². The predicted molar refractivity (Wildman–Crippen MR) is 95.4 cm³/mol. The summed E-state index contributed by atoms with van der Waals surface area (Å²) in [5, 5.41) is 1.61. The average Bonchev–Trinajstić information content (AvgIpc) is 2.59. The van der Waals surface area contributed by atoms with Gasteiger partial charge in [-0.3, -0.25) is 9.59 Å². The standard InChI is InChI=1S/C19H25N3O2/c1-3-8-20-9-11-21(12-10-20)18(23)14-22-15(2)13-16-6-4-5-7-17(16)19(22)24/h4-7,13H,3,8-12,14H2,1-2H3/p+1. The lowest BCUT2D eigenvalue weighted by molar-refractivity contribution is -0.904. The fourth-order valence-electron chi connectivity index (χ4n) is 3.53. The van der Waals surface area contributed by atoms with Gasteiger partial charge in [0.2, 0.25) is 5.91 Å². The topological polar surface area (TPSA) is 46.8 Å². The summed E-state index contributed by atoms with van der Waals surface area (Å²) in [7, 11) is 0. The van der Waals surface area contributed by atoms with Gasteiger partial charge in [0.15, 0.2) is 0 Å². The Labute approximate surface area is 142 Å². The maximum Gasteiger partial charge on any atom is 0.259 e. The lowest BCUT2D eigenvalue weighted by Crippen LogP contribution is -3.14. The van der Waals surface area contributed by atoms with E-state index in [-0.39, 0.29) is 18.0 Å². The van der Waals surface area contributed by atoms with E-state index in [0.29, 0.717) is 5.39 Å². The minimum absolute atomic E-state index is 0.0472. The molecule has 1 saturated heterocycles. The van der Waals surface area contributed by atoms with Crippen LogP contribution in [0, 0.1) is 6.92 Å². The maximum atomic E-state index is 12.7. The van der Waals surface area contributed by atoms with E-state index in [1.54, 1.807) is 9.47 Å². The highest BCUT2D eigenvalue weighted by atomic mass is 16.2. The quantitative estimate of drug-likeness (QED) is 0.886. The van der Waals surface area contributed by atoms with Crippen molar-refractivity contribution in [3.05, 3.63) is 46.4 Å². The van der Waals surface area contributed by atoms with Crippen molar-refractivity contribution in [3.63, 3.8) is 0 Å². The fourth-order valence-corrected chi connectivity index (χ4v) is 3.53. The van der Waals surface area contributed by atoms with Gasteiger partial charge in [0.25, 0.3) is 5.56 Å². The minimum atomic E-state index is -0.0748. The van der Waals surface area contributed by atoms with E-state index in [9.17, 15) is 9.59 Å². The summed E-state index contributed by atoms with van der Waals surface area (Å²) < 4.78 is 1.61. The van der Waals surface area contributed by atoms with Gasteiger partial charge in [-0.2, -0.15) is 0 Å². The lowest BCUT2D eigenvalue weighted by Gasteiger charge is -2.32. The molecule has 128 valence electrons. The van der Waals surface area contributed by atoms with Crippen molar-refractivity contribution < 1.29 is 9.69 Å². The number of nitrogens with zero attached hydrogens (tertiary/aromatic N) is 2. The number of rotatable bonds is 4. The number of carbonyl (C=O) groups excluding carboxylic acids is 1. The molecule has 1 fully saturated rings. The van der Waals surface area contributed by atoms with E-state index in [4.69, 9.17) is 0 Å². The van der Waals surface area contributed by atoms with E-state index in [0.717, 1.165) is 37.3 Å². The Morgan fingerprint density at radius 2 is 1.92 bits per heavy atom. The molecule has 3 rings (SSSR count). The molecule has 1 aliphatic rings. The van der Waals surface area contributed by atoms with Crippen molar-refractivity contribution >= 4 is 16.7 Å². The first-order valence-corrected chi connectivity index (χ1v) is 8.80. The molecule has 0 saturated carbocycles. The van der Waals surface area contributed by atoms with E-state index in [1.165, 1.54) is 13.0 Å². The molecule has 2 aromatic rings. The predicted octanol–water partition coefficient (Wildman–Crippen LogP) is 0.447. The zero-order chi connectivity index (χ0) is 17.1. The van der Waals surface area contributed by atoms with Gasteiger partial charge in [0, 0.05) is 11.1 Å². The zero-order valence-corrected chi connectivity index (χ0v) is 14.5. The number of nitrogens with one attached hydrogen (secondary N) is 1. The Hall–Kier alpha value is -2.14. The van der Waals surface area contributed by atoms with E-state index in [1.807, 2.05) is 42.2 Å². The molecule has 2 heterocycles. The summed E-state index contributed by atoms with van der Waals surface area (Å²) in [6.07, 6.45) is 1.18. The van der Waals surface area contributed by atoms with Gasteiger partial charge in [0.1, 0.15) is 6.54 Å². The van der Waals surface area contributed by atoms with Gasteiger partial charge >= 0.3 is 0 Å². The summed E-state index contributed by atoms with van der Waals surface area (Å²) in [5.41, 5.74) is 0.761. The molecule has 1 aromatic carbocycles. The number of fused-ring (bicyclic) bond motifs is 1. The third-order valence-corrected chi connectivity index (χ3v) is 4.95. The summed E-state index contributed by atoms with van der Waals surface area (Å²) in [5.74, 6) is 0.0472. The first-order valence-electron chi connectivity index (χ1n) is 8.80.